The number of ether oxygens (including phenoxy) is 1. The number of hydrogen-bond acceptors (Lipinski definition) is 2. The van der Waals surface area contributed by atoms with Gasteiger partial charge in [0, 0.05) is 16.1 Å². The van der Waals surface area contributed by atoms with Gasteiger partial charge in [-0.05, 0) is 12.1 Å². The minimum absolute atomic E-state index is 0.374. The van der Waals surface area contributed by atoms with E-state index in [0.717, 1.165) is 9.86 Å². The van der Waals surface area contributed by atoms with Crippen molar-refractivity contribution in [2.75, 3.05) is 6.61 Å². The molecule has 0 saturated heterocycles. The Kier molecular flexibility index (Phi) is 3.33. The summed E-state index contributed by atoms with van der Waals surface area (Å²) in [6.45, 7) is -0.618. The number of hydrogen-bond donors (Lipinski definition) is 0. The van der Waals surface area contributed by atoms with E-state index >= 15 is 0 Å². The first-order valence-electron chi connectivity index (χ1n) is 4.62. The molecule has 0 aliphatic carbocycles. The fourth-order valence-corrected chi connectivity index (χ4v) is 1.82. The predicted octanol–water partition coefficient (Wildman–Crippen LogP) is 3.64. The molecule has 0 atom stereocenters. The van der Waals surface area contributed by atoms with E-state index in [9.17, 15) is 8.78 Å². The van der Waals surface area contributed by atoms with Crippen LogP contribution in [0.2, 0.25) is 0 Å². The molecule has 0 aliphatic heterocycles. The minimum atomic E-state index is -2.48. The highest BCUT2D eigenvalue weighted by Gasteiger charge is 2.08. The summed E-state index contributed by atoms with van der Waals surface area (Å²) in [4.78, 5) is 4.12. The zero-order valence-corrected chi connectivity index (χ0v) is 9.75. The molecule has 0 amide bonds. The van der Waals surface area contributed by atoms with Crippen LogP contribution in [0.25, 0.3) is 10.9 Å². The summed E-state index contributed by atoms with van der Waals surface area (Å²) in [6.07, 6.45) is -0.885. The summed E-state index contributed by atoms with van der Waals surface area (Å²) in [5, 5.41) is 0.842. The van der Waals surface area contributed by atoms with Crippen molar-refractivity contribution in [1.29, 1.82) is 0 Å². The van der Waals surface area contributed by atoms with E-state index in [4.69, 9.17) is 4.74 Å². The van der Waals surface area contributed by atoms with Gasteiger partial charge in [-0.15, -0.1) is 0 Å². The Morgan fingerprint density at radius 2 is 2.12 bits per heavy atom. The van der Waals surface area contributed by atoms with Gasteiger partial charge in [0.25, 0.3) is 6.43 Å². The lowest BCUT2D eigenvalue weighted by Crippen LogP contribution is -2.07. The molecule has 1 aromatic carbocycles. The summed E-state index contributed by atoms with van der Waals surface area (Å²) < 4.78 is 30.0. The topological polar surface area (TPSA) is 22.1 Å². The number of benzene rings is 1. The maximum absolute atomic E-state index is 12.0. The maximum atomic E-state index is 12.0. The molecule has 2 nitrogen and oxygen atoms in total. The van der Waals surface area contributed by atoms with E-state index in [1.165, 1.54) is 0 Å². The summed E-state index contributed by atoms with van der Waals surface area (Å²) in [6, 6.07) is 7.01. The van der Waals surface area contributed by atoms with Gasteiger partial charge in [0.05, 0.1) is 0 Å². The second-order valence-corrected chi connectivity index (χ2v) is 4.00. The molecule has 0 radical (unpaired) electrons. The van der Waals surface area contributed by atoms with E-state index in [1.54, 1.807) is 24.4 Å². The van der Waals surface area contributed by atoms with Gasteiger partial charge < -0.3 is 4.74 Å². The Morgan fingerprint density at radius 3 is 2.88 bits per heavy atom. The van der Waals surface area contributed by atoms with Gasteiger partial charge in [0.2, 0.25) is 0 Å². The van der Waals surface area contributed by atoms with E-state index in [0.29, 0.717) is 11.3 Å². The number of alkyl halides is 2. The van der Waals surface area contributed by atoms with E-state index in [2.05, 4.69) is 20.9 Å². The van der Waals surface area contributed by atoms with E-state index in [1.807, 2.05) is 6.07 Å². The SMILES string of the molecule is FC(F)COc1cccc2c(Br)ccnc12. The lowest BCUT2D eigenvalue weighted by molar-refractivity contribution is 0.0826. The van der Waals surface area contributed by atoms with Crippen molar-refractivity contribution in [2.45, 2.75) is 6.43 Å². The molecule has 5 heteroatoms. The van der Waals surface area contributed by atoms with Crippen LogP contribution in [0, 0.1) is 0 Å². The third kappa shape index (κ3) is 2.29. The third-order valence-corrected chi connectivity index (χ3v) is 2.74. The molecular formula is C11H8BrF2NO. The second kappa shape index (κ2) is 4.74. The first-order valence-corrected chi connectivity index (χ1v) is 5.42. The summed E-state index contributed by atoms with van der Waals surface area (Å²) in [5.74, 6) is 0.374. The largest absolute Gasteiger partial charge is 0.485 e. The molecule has 16 heavy (non-hydrogen) atoms. The number of nitrogens with zero attached hydrogens (tertiary/aromatic N) is 1. The van der Waals surface area contributed by atoms with Gasteiger partial charge in [-0.3, -0.25) is 4.98 Å². The maximum Gasteiger partial charge on any atom is 0.272 e. The normalized spacial score (nSPS) is 11.0. The van der Waals surface area contributed by atoms with Crippen molar-refractivity contribution in [3.63, 3.8) is 0 Å². The highest BCUT2D eigenvalue weighted by molar-refractivity contribution is 9.10. The van der Waals surface area contributed by atoms with Gasteiger partial charge in [0.1, 0.15) is 17.9 Å². The highest BCUT2D eigenvalue weighted by Crippen LogP contribution is 2.28. The van der Waals surface area contributed by atoms with Crippen molar-refractivity contribution in [2.24, 2.45) is 0 Å². The van der Waals surface area contributed by atoms with Crippen LogP contribution < -0.4 is 4.74 Å². The van der Waals surface area contributed by atoms with Crippen LogP contribution >= 0.6 is 15.9 Å². The number of pyridine rings is 1. The fourth-order valence-electron chi connectivity index (χ4n) is 1.38. The molecule has 0 fully saturated rings. The molecule has 0 spiro atoms. The van der Waals surface area contributed by atoms with Crippen LogP contribution in [-0.4, -0.2) is 18.0 Å². The van der Waals surface area contributed by atoms with Crippen LogP contribution in [0.4, 0.5) is 8.78 Å². The molecule has 0 saturated carbocycles. The van der Waals surface area contributed by atoms with Gasteiger partial charge in [-0.1, -0.05) is 28.1 Å². The second-order valence-electron chi connectivity index (χ2n) is 3.15. The van der Waals surface area contributed by atoms with E-state index in [-0.39, 0.29) is 0 Å². The van der Waals surface area contributed by atoms with Crippen LogP contribution in [0.15, 0.2) is 34.9 Å². The Balaban J connectivity index is 2.42. The summed E-state index contributed by atoms with van der Waals surface area (Å²) >= 11 is 3.37. The van der Waals surface area contributed by atoms with Crippen molar-refractivity contribution < 1.29 is 13.5 Å². The van der Waals surface area contributed by atoms with Crippen molar-refractivity contribution in [3.05, 3.63) is 34.9 Å². The smallest absolute Gasteiger partial charge is 0.272 e. The zero-order valence-electron chi connectivity index (χ0n) is 8.16. The van der Waals surface area contributed by atoms with Gasteiger partial charge in [0.15, 0.2) is 0 Å². The first kappa shape index (κ1) is 11.3. The number of halogens is 3. The Hall–Kier alpha value is -1.23. The Labute approximate surface area is 99.4 Å². The highest BCUT2D eigenvalue weighted by atomic mass is 79.9. The number of para-hydroxylation sites is 1. The van der Waals surface area contributed by atoms with Crippen LogP contribution in [0.3, 0.4) is 0 Å². The first-order chi connectivity index (χ1) is 7.68. The average molecular weight is 288 g/mol. The molecule has 0 unspecified atom stereocenters. The molecule has 1 heterocycles. The lowest BCUT2D eigenvalue weighted by Gasteiger charge is -2.08. The van der Waals surface area contributed by atoms with Gasteiger partial charge in [-0.25, -0.2) is 8.78 Å². The monoisotopic (exact) mass is 287 g/mol. The van der Waals surface area contributed by atoms with Gasteiger partial charge >= 0.3 is 0 Å². The molecule has 2 aromatic rings. The average Bonchev–Trinajstić information content (AvgIpc) is 2.27. The number of fused-ring (bicyclic) bond motifs is 1. The molecular weight excluding hydrogens is 280 g/mol. The third-order valence-electron chi connectivity index (χ3n) is 2.05. The van der Waals surface area contributed by atoms with Crippen molar-refractivity contribution >= 4 is 26.8 Å². The Bertz CT molecular complexity index is 504. The zero-order chi connectivity index (χ0) is 11.5. The fraction of sp³-hybridized carbons (Fsp3) is 0.182. The molecule has 0 aliphatic rings. The van der Waals surface area contributed by atoms with Crippen molar-refractivity contribution in [1.82, 2.24) is 4.98 Å². The van der Waals surface area contributed by atoms with Crippen molar-refractivity contribution in [3.8, 4) is 5.75 Å². The van der Waals surface area contributed by atoms with Crippen LogP contribution in [-0.2, 0) is 0 Å². The molecule has 1 aromatic heterocycles. The van der Waals surface area contributed by atoms with Crippen LogP contribution in [0.1, 0.15) is 0 Å². The van der Waals surface area contributed by atoms with Gasteiger partial charge in [-0.2, -0.15) is 0 Å². The summed E-state index contributed by atoms with van der Waals surface area (Å²) in [5.41, 5.74) is 0.581. The standard InChI is InChI=1S/C11H8BrF2NO/c12-8-4-5-15-11-7(8)2-1-3-9(11)16-6-10(13)14/h1-5,10H,6H2. The Morgan fingerprint density at radius 1 is 1.31 bits per heavy atom. The number of rotatable bonds is 3. The van der Waals surface area contributed by atoms with Crippen LogP contribution in [0.5, 0.6) is 5.75 Å². The number of aromatic nitrogens is 1. The molecule has 0 N–H and O–H groups in total. The molecule has 0 bridgehead atoms. The molecule has 2 rings (SSSR count). The van der Waals surface area contributed by atoms with E-state index < -0.39 is 13.0 Å². The minimum Gasteiger partial charge on any atom is -0.485 e. The predicted molar refractivity (Wildman–Crippen MR) is 60.9 cm³/mol. The molecule has 84 valence electrons. The lowest BCUT2D eigenvalue weighted by atomic mass is 10.2. The quantitative estimate of drug-likeness (QED) is 0.860. The summed E-state index contributed by atoms with van der Waals surface area (Å²) in [7, 11) is 0.